The van der Waals surface area contributed by atoms with Crippen LogP contribution in [0.25, 0.3) is 64.7 Å². The van der Waals surface area contributed by atoms with E-state index >= 15 is 0 Å². The summed E-state index contributed by atoms with van der Waals surface area (Å²) in [7, 11) is 0. The monoisotopic (exact) mass is 689 g/mol. The molecule has 7 aromatic rings. The average Bonchev–Trinajstić information content (AvgIpc) is 3.79. The van der Waals surface area contributed by atoms with Crippen molar-refractivity contribution in [3.05, 3.63) is 181 Å². The Labute approximate surface area is 306 Å². The summed E-state index contributed by atoms with van der Waals surface area (Å²) in [5, 5.41) is 14.1. The zero-order chi connectivity index (χ0) is 34.4. The molecular formula is C46H35N5S. The van der Waals surface area contributed by atoms with E-state index in [4.69, 9.17) is 4.99 Å². The Morgan fingerprint density at radius 2 is 1.33 bits per heavy atom. The number of aliphatic imine (C=N–C) groups is 1. The smallest absolute Gasteiger partial charge is 0.146 e. The SMILES string of the molecule is C1=CC(c2ccc(C3=CC(n4c5ccccc5c5c6sc(-c7ccccc7)c(-c7ccccc7)c6ccc54)=NC(C4=CCNC=C4)N3)cc2)=CCN1. The third kappa shape index (κ3) is 5.19. The van der Waals surface area contributed by atoms with E-state index in [9.17, 15) is 0 Å². The molecule has 10 rings (SSSR count). The fraction of sp³-hybridized carbons (Fsp3) is 0.0652. The quantitative estimate of drug-likeness (QED) is 0.169. The molecule has 0 fully saturated rings. The van der Waals surface area contributed by atoms with Crippen LogP contribution in [-0.4, -0.2) is 29.7 Å². The van der Waals surface area contributed by atoms with Gasteiger partial charge >= 0.3 is 0 Å². The molecule has 3 aliphatic rings. The Balaban J connectivity index is 1.19. The second-order valence-corrected chi connectivity index (χ2v) is 14.3. The lowest BCUT2D eigenvalue weighted by Crippen LogP contribution is -2.35. The average molecular weight is 690 g/mol. The van der Waals surface area contributed by atoms with Gasteiger partial charge in [0.2, 0.25) is 0 Å². The van der Waals surface area contributed by atoms with Gasteiger partial charge in [0.15, 0.2) is 0 Å². The number of para-hydroxylation sites is 1. The van der Waals surface area contributed by atoms with Gasteiger partial charge in [-0.15, -0.1) is 11.3 Å². The molecule has 52 heavy (non-hydrogen) atoms. The minimum Gasteiger partial charge on any atom is -0.387 e. The fourth-order valence-electron chi connectivity index (χ4n) is 7.69. The van der Waals surface area contributed by atoms with Crippen molar-refractivity contribution < 1.29 is 0 Å². The Bertz CT molecular complexity index is 2690. The topological polar surface area (TPSA) is 53.4 Å². The predicted octanol–water partition coefficient (Wildman–Crippen LogP) is 10.1. The van der Waals surface area contributed by atoms with Crippen LogP contribution in [-0.2, 0) is 0 Å². The first kappa shape index (κ1) is 30.5. The summed E-state index contributed by atoms with van der Waals surface area (Å²) in [4.78, 5) is 6.72. The Morgan fingerprint density at radius 3 is 2.08 bits per heavy atom. The van der Waals surface area contributed by atoms with Gasteiger partial charge in [0, 0.05) is 56.2 Å². The van der Waals surface area contributed by atoms with Gasteiger partial charge in [-0.3, -0.25) is 4.57 Å². The number of nitrogens with one attached hydrogen (secondary N) is 3. The lowest BCUT2D eigenvalue weighted by atomic mass is 9.98. The van der Waals surface area contributed by atoms with Crippen LogP contribution in [0.3, 0.4) is 0 Å². The minimum absolute atomic E-state index is 0.237. The van der Waals surface area contributed by atoms with Crippen molar-refractivity contribution in [2.45, 2.75) is 6.17 Å². The van der Waals surface area contributed by atoms with Crippen LogP contribution >= 0.6 is 11.3 Å². The third-order valence-electron chi connectivity index (χ3n) is 10.2. The highest BCUT2D eigenvalue weighted by Gasteiger charge is 2.26. The van der Waals surface area contributed by atoms with Crippen molar-refractivity contribution in [3.63, 3.8) is 0 Å². The number of thiophene rings is 1. The lowest BCUT2D eigenvalue weighted by Gasteiger charge is -2.27. The maximum atomic E-state index is 5.44. The summed E-state index contributed by atoms with van der Waals surface area (Å²) in [6.45, 7) is 1.62. The Hall–Kier alpha value is -6.37. The standard InChI is InChI=1S/C46H35N5S/c1-3-9-33(10-4-1)42-37-19-20-40-43(45(37)52-44(42)34-11-5-2-6-12-34)36-13-7-8-14-39(36)51(40)41-29-38(49-46(50-41)35-23-27-48-28-24-35)32-17-15-30(16-18-32)31-21-25-47-26-22-31/h1-25,27,29,46-49H,26,28H2. The molecule has 5 heterocycles. The van der Waals surface area contributed by atoms with Crippen LogP contribution in [0.15, 0.2) is 175 Å². The van der Waals surface area contributed by atoms with Crippen LogP contribution in [0.2, 0.25) is 0 Å². The summed E-state index contributed by atoms with van der Waals surface area (Å²) >= 11 is 1.89. The maximum absolute atomic E-state index is 5.44. The minimum atomic E-state index is -0.237. The molecule has 6 heteroatoms. The molecule has 2 aromatic heterocycles. The van der Waals surface area contributed by atoms with Gasteiger partial charge < -0.3 is 16.0 Å². The predicted molar refractivity (Wildman–Crippen MR) is 220 cm³/mol. The van der Waals surface area contributed by atoms with Gasteiger partial charge in [-0.1, -0.05) is 121 Å². The largest absolute Gasteiger partial charge is 0.387 e. The summed E-state index contributed by atoms with van der Waals surface area (Å²) in [6.07, 6.45) is 14.7. The molecule has 0 spiro atoms. The number of hydrogen-bond acceptors (Lipinski definition) is 5. The number of aromatic nitrogens is 1. The molecule has 0 amide bonds. The van der Waals surface area contributed by atoms with E-state index in [0.717, 1.165) is 46.8 Å². The van der Waals surface area contributed by atoms with Crippen LogP contribution in [0.5, 0.6) is 0 Å². The van der Waals surface area contributed by atoms with E-state index in [0.29, 0.717) is 0 Å². The fourth-order valence-corrected chi connectivity index (χ4v) is 9.07. The molecule has 0 aliphatic carbocycles. The summed E-state index contributed by atoms with van der Waals surface area (Å²) in [5.74, 6) is 0.910. The van der Waals surface area contributed by atoms with Crippen molar-refractivity contribution in [2.75, 3.05) is 13.1 Å². The molecule has 5 aromatic carbocycles. The van der Waals surface area contributed by atoms with Gasteiger partial charge in [-0.2, -0.15) is 0 Å². The second-order valence-electron chi connectivity index (χ2n) is 13.2. The first-order chi connectivity index (χ1) is 25.8. The van der Waals surface area contributed by atoms with E-state index in [1.54, 1.807) is 0 Å². The van der Waals surface area contributed by atoms with Gasteiger partial charge in [-0.05, 0) is 70.1 Å². The molecule has 0 radical (unpaired) electrons. The van der Waals surface area contributed by atoms with Gasteiger partial charge in [-0.25, -0.2) is 4.99 Å². The normalized spacial score (nSPS) is 16.9. The summed E-state index contributed by atoms with van der Waals surface area (Å²) in [5.41, 5.74) is 11.8. The molecular weight excluding hydrogens is 655 g/mol. The number of benzene rings is 5. The number of dihydropyridines is 2. The first-order valence-electron chi connectivity index (χ1n) is 17.8. The van der Waals surface area contributed by atoms with Gasteiger partial charge in [0.1, 0.15) is 12.0 Å². The molecule has 3 N–H and O–H groups in total. The molecule has 1 unspecified atom stereocenters. The van der Waals surface area contributed by atoms with Crippen LogP contribution in [0.4, 0.5) is 0 Å². The molecule has 5 nitrogen and oxygen atoms in total. The van der Waals surface area contributed by atoms with Crippen LogP contribution < -0.4 is 16.0 Å². The molecule has 0 bridgehead atoms. The molecule has 3 aliphatic heterocycles. The van der Waals surface area contributed by atoms with E-state index in [2.05, 4.69) is 172 Å². The van der Waals surface area contributed by atoms with Crippen LogP contribution in [0.1, 0.15) is 11.1 Å². The van der Waals surface area contributed by atoms with E-state index in [1.807, 2.05) is 23.7 Å². The van der Waals surface area contributed by atoms with Crippen molar-refractivity contribution in [1.82, 2.24) is 20.5 Å². The zero-order valence-corrected chi connectivity index (χ0v) is 29.2. The highest BCUT2D eigenvalue weighted by Crippen LogP contribution is 2.49. The van der Waals surface area contributed by atoms with Gasteiger partial charge in [0.05, 0.1) is 11.0 Å². The highest BCUT2D eigenvalue weighted by atomic mass is 32.1. The first-order valence-corrected chi connectivity index (χ1v) is 18.6. The Morgan fingerprint density at radius 1 is 0.615 bits per heavy atom. The second kappa shape index (κ2) is 12.7. The zero-order valence-electron chi connectivity index (χ0n) is 28.4. The third-order valence-corrected chi connectivity index (χ3v) is 11.4. The lowest BCUT2D eigenvalue weighted by molar-refractivity contribution is 0.705. The van der Waals surface area contributed by atoms with Crippen molar-refractivity contribution >= 4 is 60.3 Å². The van der Waals surface area contributed by atoms with E-state index in [-0.39, 0.29) is 6.17 Å². The van der Waals surface area contributed by atoms with Crippen LogP contribution in [0, 0.1) is 0 Å². The number of nitrogens with zero attached hydrogens (tertiary/aromatic N) is 2. The molecule has 1 atom stereocenters. The van der Waals surface area contributed by atoms with E-state index in [1.165, 1.54) is 53.6 Å². The Kier molecular flexibility index (Phi) is 7.47. The maximum Gasteiger partial charge on any atom is 0.146 e. The number of fused-ring (bicyclic) bond motifs is 5. The van der Waals surface area contributed by atoms with E-state index < -0.39 is 0 Å². The molecule has 250 valence electrons. The number of rotatable bonds is 5. The van der Waals surface area contributed by atoms with Crippen molar-refractivity contribution in [1.29, 1.82) is 0 Å². The molecule has 0 saturated carbocycles. The summed E-state index contributed by atoms with van der Waals surface area (Å²) < 4.78 is 3.66. The number of allylic oxidation sites excluding steroid dienone is 3. The van der Waals surface area contributed by atoms with Crippen molar-refractivity contribution in [2.24, 2.45) is 4.99 Å². The summed E-state index contributed by atoms with van der Waals surface area (Å²) in [6, 6.07) is 43.9. The van der Waals surface area contributed by atoms with Crippen molar-refractivity contribution in [3.8, 4) is 21.6 Å². The molecule has 0 saturated heterocycles. The van der Waals surface area contributed by atoms with Gasteiger partial charge in [0.25, 0.3) is 0 Å². The number of hydrogen-bond donors (Lipinski definition) is 3. The highest BCUT2D eigenvalue weighted by molar-refractivity contribution is 7.24.